The third-order valence-electron chi connectivity index (χ3n) is 4.29. The van der Waals surface area contributed by atoms with Crippen molar-refractivity contribution in [2.75, 3.05) is 13.2 Å². The fourth-order valence-electron chi connectivity index (χ4n) is 2.89. The van der Waals surface area contributed by atoms with Crippen LogP contribution < -0.4 is 5.32 Å². The standard InChI is InChI=1S/C17H21NO2/c1-12(14-8-9-20-11-14)18-10-16-15-5-3-2-4-13(15)6-7-17(16)19/h2-7,12,14,18-19H,8-11H2,1H3. The number of hydrogen-bond acceptors (Lipinski definition) is 3. The number of hydrogen-bond donors (Lipinski definition) is 2. The van der Waals surface area contributed by atoms with Crippen molar-refractivity contribution in [2.45, 2.75) is 25.9 Å². The van der Waals surface area contributed by atoms with Gasteiger partial charge in [0.25, 0.3) is 0 Å². The Labute approximate surface area is 119 Å². The lowest BCUT2D eigenvalue weighted by atomic mass is 9.99. The van der Waals surface area contributed by atoms with E-state index in [9.17, 15) is 5.11 Å². The Kier molecular flexibility index (Phi) is 3.90. The van der Waals surface area contributed by atoms with Gasteiger partial charge in [0, 0.05) is 24.8 Å². The summed E-state index contributed by atoms with van der Waals surface area (Å²) in [6, 6.07) is 12.3. The lowest BCUT2D eigenvalue weighted by molar-refractivity contribution is 0.178. The van der Waals surface area contributed by atoms with E-state index in [4.69, 9.17) is 4.74 Å². The Balaban J connectivity index is 1.78. The van der Waals surface area contributed by atoms with Gasteiger partial charge in [0.2, 0.25) is 0 Å². The monoisotopic (exact) mass is 271 g/mol. The molecule has 0 radical (unpaired) electrons. The number of ether oxygens (including phenoxy) is 1. The third-order valence-corrected chi connectivity index (χ3v) is 4.29. The molecule has 0 aromatic heterocycles. The second-order valence-corrected chi connectivity index (χ2v) is 5.58. The van der Waals surface area contributed by atoms with Crippen LogP contribution in [-0.4, -0.2) is 24.4 Å². The van der Waals surface area contributed by atoms with Gasteiger partial charge in [-0.3, -0.25) is 0 Å². The molecule has 20 heavy (non-hydrogen) atoms. The van der Waals surface area contributed by atoms with Crippen LogP contribution in [0.2, 0.25) is 0 Å². The number of fused-ring (bicyclic) bond motifs is 1. The molecule has 2 aromatic rings. The topological polar surface area (TPSA) is 41.5 Å². The molecule has 106 valence electrons. The molecule has 2 atom stereocenters. The highest BCUT2D eigenvalue weighted by Crippen LogP contribution is 2.27. The predicted molar refractivity (Wildman–Crippen MR) is 80.8 cm³/mol. The molecule has 0 spiro atoms. The number of phenolic OH excluding ortho intramolecular Hbond substituents is 1. The predicted octanol–water partition coefficient (Wildman–Crippen LogP) is 3.06. The molecule has 2 aromatic carbocycles. The summed E-state index contributed by atoms with van der Waals surface area (Å²) in [5, 5.41) is 15.9. The SMILES string of the molecule is CC(NCc1c(O)ccc2ccccc12)C1CCOC1. The summed E-state index contributed by atoms with van der Waals surface area (Å²) in [7, 11) is 0. The fourth-order valence-corrected chi connectivity index (χ4v) is 2.89. The molecule has 0 amide bonds. The Morgan fingerprint density at radius 3 is 2.95 bits per heavy atom. The molecule has 0 saturated carbocycles. The molecule has 1 aliphatic rings. The lowest BCUT2D eigenvalue weighted by Gasteiger charge is -2.20. The first-order valence-corrected chi connectivity index (χ1v) is 7.26. The van der Waals surface area contributed by atoms with Crippen LogP contribution in [0.4, 0.5) is 0 Å². The van der Waals surface area contributed by atoms with E-state index in [0.29, 0.717) is 24.3 Å². The summed E-state index contributed by atoms with van der Waals surface area (Å²) in [5.41, 5.74) is 0.980. The van der Waals surface area contributed by atoms with Gasteiger partial charge in [-0.1, -0.05) is 30.3 Å². The summed E-state index contributed by atoms with van der Waals surface area (Å²) in [4.78, 5) is 0. The van der Waals surface area contributed by atoms with E-state index in [1.54, 1.807) is 6.07 Å². The first kappa shape index (κ1) is 13.4. The number of nitrogens with one attached hydrogen (secondary N) is 1. The minimum atomic E-state index is 0.367. The van der Waals surface area contributed by atoms with Crippen molar-refractivity contribution in [1.82, 2.24) is 5.32 Å². The molecule has 3 rings (SSSR count). The molecule has 1 fully saturated rings. The van der Waals surface area contributed by atoms with E-state index in [2.05, 4.69) is 24.4 Å². The van der Waals surface area contributed by atoms with Crippen LogP contribution in [0.25, 0.3) is 10.8 Å². The highest BCUT2D eigenvalue weighted by molar-refractivity contribution is 5.87. The highest BCUT2D eigenvalue weighted by Gasteiger charge is 2.22. The fraction of sp³-hybridized carbons (Fsp3) is 0.412. The smallest absolute Gasteiger partial charge is 0.120 e. The average molecular weight is 271 g/mol. The van der Waals surface area contributed by atoms with Gasteiger partial charge in [0.1, 0.15) is 5.75 Å². The van der Waals surface area contributed by atoms with Crippen LogP contribution in [0.5, 0.6) is 5.75 Å². The summed E-state index contributed by atoms with van der Waals surface area (Å²) in [5.74, 6) is 0.943. The summed E-state index contributed by atoms with van der Waals surface area (Å²) in [6.45, 7) is 4.60. The number of benzene rings is 2. The Morgan fingerprint density at radius 2 is 2.15 bits per heavy atom. The minimum absolute atomic E-state index is 0.367. The van der Waals surface area contributed by atoms with Crippen molar-refractivity contribution in [3.8, 4) is 5.75 Å². The first-order valence-electron chi connectivity index (χ1n) is 7.26. The number of phenols is 1. The Morgan fingerprint density at radius 1 is 1.30 bits per heavy atom. The van der Waals surface area contributed by atoms with Crippen molar-refractivity contribution < 1.29 is 9.84 Å². The van der Waals surface area contributed by atoms with Gasteiger partial charge >= 0.3 is 0 Å². The van der Waals surface area contributed by atoms with Gasteiger partial charge < -0.3 is 15.2 Å². The minimum Gasteiger partial charge on any atom is -0.508 e. The number of aromatic hydroxyl groups is 1. The molecular formula is C17H21NO2. The Bertz CT molecular complexity index is 591. The zero-order valence-electron chi connectivity index (χ0n) is 11.8. The van der Waals surface area contributed by atoms with E-state index in [-0.39, 0.29) is 0 Å². The van der Waals surface area contributed by atoms with Crippen LogP contribution in [0, 0.1) is 5.92 Å². The van der Waals surface area contributed by atoms with Gasteiger partial charge in [-0.15, -0.1) is 0 Å². The molecule has 1 aliphatic heterocycles. The van der Waals surface area contributed by atoms with Crippen molar-refractivity contribution in [2.24, 2.45) is 5.92 Å². The average Bonchev–Trinajstić information content (AvgIpc) is 3.00. The van der Waals surface area contributed by atoms with Gasteiger partial charge in [-0.2, -0.15) is 0 Å². The van der Waals surface area contributed by atoms with Crippen LogP contribution in [-0.2, 0) is 11.3 Å². The van der Waals surface area contributed by atoms with E-state index >= 15 is 0 Å². The summed E-state index contributed by atoms with van der Waals surface area (Å²) >= 11 is 0. The van der Waals surface area contributed by atoms with Crippen molar-refractivity contribution >= 4 is 10.8 Å². The van der Waals surface area contributed by atoms with Crippen LogP contribution in [0.1, 0.15) is 18.9 Å². The van der Waals surface area contributed by atoms with Crippen molar-refractivity contribution in [3.63, 3.8) is 0 Å². The molecule has 3 heteroatoms. The number of rotatable bonds is 4. The van der Waals surface area contributed by atoms with Gasteiger partial charge in [0.15, 0.2) is 0 Å². The van der Waals surface area contributed by atoms with Gasteiger partial charge in [-0.05, 0) is 36.1 Å². The maximum atomic E-state index is 10.1. The summed E-state index contributed by atoms with van der Waals surface area (Å²) < 4.78 is 5.43. The maximum Gasteiger partial charge on any atom is 0.120 e. The second kappa shape index (κ2) is 5.81. The third kappa shape index (κ3) is 2.65. The molecule has 0 bridgehead atoms. The molecular weight excluding hydrogens is 250 g/mol. The van der Waals surface area contributed by atoms with E-state index in [1.807, 2.05) is 18.2 Å². The quantitative estimate of drug-likeness (QED) is 0.898. The van der Waals surface area contributed by atoms with Crippen molar-refractivity contribution in [3.05, 3.63) is 42.0 Å². The molecule has 0 aliphatic carbocycles. The van der Waals surface area contributed by atoms with Crippen molar-refractivity contribution in [1.29, 1.82) is 0 Å². The van der Waals surface area contributed by atoms with E-state index in [1.165, 1.54) is 5.39 Å². The largest absolute Gasteiger partial charge is 0.508 e. The first-order chi connectivity index (χ1) is 9.75. The van der Waals surface area contributed by atoms with Crippen LogP contribution in [0.3, 0.4) is 0 Å². The van der Waals surface area contributed by atoms with Crippen LogP contribution in [0.15, 0.2) is 36.4 Å². The van der Waals surface area contributed by atoms with Gasteiger partial charge in [-0.25, -0.2) is 0 Å². The van der Waals surface area contributed by atoms with E-state index < -0.39 is 0 Å². The zero-order valence-corrected chi connectivity index (χ0v) is 11.8. The van der Waals surface area contributed by atoms with Crippen LogP contribution >= 0.6 is 0 Å². The van der Waals surface area contributed by atoms with Gasteiger partial charge in [0.05, 0.1) is 6.61 Å². The molecule has 1 saturated heterocycles. The maximum absolute atomic E-state index is 10.1. The Hall–Kier alpha value is -1.58. The molecule has 1 heterocycles. The second-order valence-electron chi connectivity index (χ2n) is 5.58. The lowest BCUT2D eigenvalue weighted by Crippen LogP contribution is -2.33. The molecule has 2 N–H and O–H groups in total. The summed E-state index contributed by atoms with van der Waals surface area (Å²) in [6.07, 6.45) is 1.12. The highest BCUT2D eigenvalue weighted by atomic mass is 16.5. The van der Waals surface area contributed by atoms with E-state index in [0.717, 1.165) is 30.6 Å². The molecule has 3 nitrogen and oxygen atoms in total. The normalized spacial score (nSPS) is 20.4. The molecule has 2 unspecified atom stereocenters. The zero-order chi connectivity index (χ0) is 13.9.